The number of ether oxygens (including phenoxy) is 2. The first kappa shape index (κ1) is 22.3. The van der Waals surface area contributed by atoms with Crippen molar-refractivity contribution in [2.45, 2.75) is 12.6 Å². The van der Waals surface area contributed by atoms with Gasteiger partial charge >= 0.3 is 12.1 Å². The first-order valence-corrected chi connectivity index (χ1v) is 11.1. The molecule has 0 radical (unpaired) electrons. The molecule has 0 unspecified atom stereocenters. The number of nitrogens with one attached hydrogen (secondary N) is 1. The van der Waals surface area contributed by atoms with Gasteiger partial charge < -0.3 is 19.7 Å². The molecule has 35 heavy (non-hydrogen) atoms. The minimum absolute atomic E-state index is 0.0953. The Bertz CT molecular complexity index is 1330. The lowest BCUT2D eigenvalue weighted by Gasteiger charge is -2.39. The number of benzene rings is 3. The Balaban J connectivity index is 1.20. The summed E-state index contributed by atoms with van der Waals surface area (Å²) >= 11 is 0. The molecule has 1 saturated heterocycles. The summed E-state index contributed by atoms with van der Waals surface area (Å²) in [6, 6.07) is 20.1. The zero-order valence-electron chi connectivity index (χ0n) is 18.6. The quantitative estimate of drug-likeness (QED) is 0.562. The molecule has 2 aliphatic rings. The number of likely N-dealkylation sites (tertiary alicyclic amines) is 1. The van der Waals surface area contributed by atoms with Crippen molar-refractivity contribution < 1.29 is 28.2 Å². The Hall–Kier alpha value is -4.46. The SMILES string of the molecule is O=C(NC1CN(C(=O)c2cc(C=C3OC(=O)c4ccccc43)ccc2F)C1)OCc1ccccc1. The van der Waals surface area contributed by atoms with Crippen molar-refractivity contribution in [3.8, 4) is 0 Å². The lowest BCUT2D eigenvalue weighted by Crippen LogP contribution is -2.61. The van der Waals surface area contributed by atoms with Crippen LogP contribution in [0.1, 0.15) is 37.4 Å². The van der Waals surface area contributed by atoms with Crippen LogP contribution in [-0.2, 0) is 16.1 Å². The molecule has 2 amide bonds. The molecule has 0 bridgehead atoms. The molecular weight excluding hydrogens is 451 g/mol. The number of esters is 1. The second-order valence-electron chi connectivity index (χ2n) is 8.30. The normalized spacial score (nSPS) is 15.9. The van der Waals surface area contributed by atoms with E-state index in [1.807, 2.05) is 30.3 Å². The third kappa shape index (κ3) is 4.77. The fraction of sp³-hybridized carbons (Fsp3) is 0.148. The van der Waals surface area contributed by atoms with Gasteiger partial charge in [-0.2, -0.15) is 0 Å². The number of cyclic esters (lactones) is 1. The number of alkyl carbamates (subject to hydrolysis) is 1. The van der Waals surface area contributed by atoms with Crippen LogP contribution in [0, 0.1) is 5.82 Å². The Morgan fingerprint density at radius 3 is 2.51 bits per heavy atom. The van der Waals surface area contributed by atoms with Crippen molar-refractivity contribution in [1.82, 2.24) is 10.2 Å². The highest BCUT2D eigenvalue weighted by molar-refractivity contribution is 6.06. The predicted molar refractivity (Wildman–Crippen MR) is 126 cm³/mol. The van der Waals surface area contributed by atoms with Crippen LogP contribution in [0.25, 0.3) is 11.8 Å². The summed E-state index contributed by atoms with van der Waals surface area (Å²) < 4.78 is 25.0. The molecule has 0 spiro atoms. The van der Waals surface area contributed by atoms with Crippen molar-refractivity contribution in [3.63, 3.8) is 0 Å². The van der Waals surface area contributed by atoms with Gasteiger partial charge in [0.15, 0.2) is 0 Å². The van der Waals surface area contributed by atoms with E-state index in [0.29, 0.717) is 22.4 Å². The van der Waals surface area contributed by atoms with Gasteiger partial charge in [-0.1, -0.05) is 54.6 Å². The summed E-state index contributed by atoms with van der Waals surface area (Å²) in [5.74, 6) is -1.24. The van der Waals surface area contributed by atoms with Crippen molar-refractivity contribution in [2.24, 2.45) is 0 Å². The molecule has 2 aliphatic heterocycles. The maximum absolute atomic E-state index is 14.5. The fourth-order valence-electron chi connectivity index (χ4n) is 3.98. The second-order valence-corrected chi connectivity index (χ2v) is 8.30. The number of fused-ring (bicyclic) bond motifs is 1. The van der Waals surface area contributed by atoms with E-state index in [4.69, 9.17) is 9.47 Å². The molecule has 3 aromatic carbocycles. The largest absolute Gasteiger partial charge is 0.445 e. The number of carbonyl (C=O) groups is 3. The maximum Gasteiger partial charge on any atom is 0.407 e. The molecule has 0 aliphatic carbocycles. The van der Waals surface area contributed by atoms with E-state index >= 15 is 0 Å². The van der Waals surface area contributed by atoms with Gasteiger partial charge in [-0.3, -0.25) is 4.79 Å². The summed E-state index contributed by atoms with van der Waals surface area (Å²) in [6.45, 7) is 0.638. The molecule has 1 N–H and O–H groups in total. The van der Waals surface area contributed by atoms with Gasteiger partial charge in [-0.15, -0.1) is 0 Å². The highest BCUT2D eigenvalue weighted by Crippen LogP contribution is 2.31. The molecule has 1 fully saturated rings. The number of halogens is 1. The Labute approximate surface area is 200 Å². The van der Waals surface area contributed by atoms with Gasteiger partial charge in [0.25, 0.3) is 5.91 Å². The Morgan fingerprint density at radius 1 is 1.03 bits per heavy atom. The smallest absolute Gasteiger partial charge is 0.407 e. The van der Waals surface area contributed by atoms with Crippen LogP contribution < -0.4 is 5.32 Å². The zero-order valence-corrected chi connectivity index (χ0v) is 18.6. The lowest BCUT2D eigenvalue weighted by atomic mass is 10.0. The van der Waals surface area contributed by atoms with E-state index in [1.54, 1.807) is 30.3 Å². The molecule has 0 atom stereocenters. The molecule has 7 nitrogen and oxygen atoms in total. The summed E-state index contributed by atoms with van der Waals surface area (Å²) in [5.41, 5.74) is 2.40. The number of nitrogens with zero attached hydrogens (tertiary/aromatic N) is 1. The number of hydrogen-bond donors (Lipinski definition) is 1. The average Bonchev–Trinajstić information content (AvgIpc) is 3.16. The molecule has 0 aromatic heterocycles. The number of amides is 2. The molecular formula is C27H21FN2O5. The van der Waals surface area contributed by atoms with E-state index in [2.05, 4.69) is 5.32 Å². The van der Waals surface area contributed by atoms with Gasteiger partial charge in [-0.05, 0) is 35.4 Å². The minimum atomic E-state index is -0.653. The number of hydrogen-bond acceptors (Lipinski definition) is 5. The monoisotopic (exact) mass is 472 g/mol. The Morgan fingerprint density at radius 2 is 1.74 bits per heavy atom. The molecule has 8 heteroatoms. The van der Waals surface area contributed by atoms with Crippen molar-refractivity contribution in [3.05, 3.63) is 106 Å². The molecule has 0 saturated carbocycles. The van der Waals surface area contributed by atoms with E-state index in [-0.39, 0.29) is 31.3 Å². The van der Waals surface area contributed by atoms with Crippen LogP contribution in [-0.4, -0.2) is 42.0 Å². The standard InChI is InChI=1S/C27H21FN2O5/c28-23-11-10-18(13-24-20-8-4-5-9-21(20)26(32)35-24)12-22(23)25(31)30-14-19(15-30)29-27(33)34-16-17-6-2-1-3-7-17/h1-13,19H,14-16H2,(H,29,33). The Kier molecular flexibility index (Phi) is 6.01. The van der Waals surface area contributed by atoms with E-state index in [0.717, 1.165) is 5.56 Å². The lowest BCUT2D eigenvalue weighted by molar-refractivity contribution is 0.0541. The first-order chi connectivity index (χ1) is 17.0. The molecule has 3 aromatic rings. The highest BCUT2D eigenvalue weighted by atomic mass is 19.1. The number of rotatable bonds is 5. The summed E-state index contributed by atoms with van der Waals surface area (Å²) in [6.07, 6.45) is 1.03. The zero-order chi connectivity index (χ0) is 24.4. The van der Waals surface area contributed by atoms with Crippen LogP contribution >= 0.6 is 0 Å². The maximum atomic E-state index is 14.5. The molecule has 2 heterocycles. The average molecular weight is 472 g/mol. The van der Waals surface area contributed by atoms with E-state index in [1.165, 1.54) is 23.1 Å². The summed E-state index contributed by atoms with van der Waals surface area (Å²) in [5, 5.41) is 2.70. The number of carbonyl (C=O) groups excluding carboxylic acids is 3. The van der Waals surface area contributed by atoms with Crippen molar-refractivity contribution in [1.29, 1.82) is 0 Å². The van der Waals surface area contributed by atoms with Gasteiger partial charge in [0, 0.05) is 18.7 Å². The second kappa shape index (κ2) is 9.42. The van der Waals surface area contributed by atoms with Crippen molar-refractivity contribution >= 4 is 29.8 Å². The van der Waals surface area contributed by atoms with Crippen molar-refractivity contribution in [2.75, 3.05) is 13.1 Å². The van der Waals surface area contributed by atoms with Gasteiger partial charge in [0.1, 0.15) is 18.2 Å². The van der Waals surface area contributed by atoms with Crippen LogP contribution in [0.2, 0.25) is 0 Å². The molecule has 5 rings (SSSR count). The van der Waals surface area contributed by atoms with Gasteiger partial charge in [0.05, 0.1) is 17.2 Å². The van der Waals surface area contributed by atoms with Crippen LogP contribution in [0.5, 0.6) is 0 Å². The summed E-state index contributed by atoms with van der Waals surface area (Å²) in [4.78, 5) is 38.3. The van der Waals surface area contributed by atoms with Gasteiger partial charge in [0.2, 0.25) is 0 Å². The predicted octanol–water partition coefficient (Wildman–Crippen LogP) is 4.25. The van der Waals surface area contributed by atoms with E-state index in [9.17, 15) is 18.8 Å². The van der Waals surface area contributed by atoms with Crippen LogP contribution in [0.3, 0.4) is 0 Å². The third-order valence-electron chi connectivity index (χ3n) is 5.84. The minimum Gasteiger partial charge on any atom is -0.445 e. The first-order valence-electron chi connectivity index (χ1n) is 11.1. The summed E-state index contributed by atoms with van der Waals surface area (Å²) in [7, 11) is 0. The van der Waals surface area contributed by atoms with Crippen LogP contribution in [0.4, 0.5) is 9.18 Å². The third-order valence-corrected chi connectivity index (χ3v) is 5.84. The van der Waals surface area contributed by atoms with Crippen LogP contribution in [0.15, 0.2) is 72.8 Å². The van der Waals surface area contributed by atoms with Gasteiger partial charge in [-0.25, -0.2) is 14.0 Å². The fourth-order valence-corrected chi connectivity index (χ4v) is 3.98. The highest BCUT2D eigenvalue weighted by Gasteiger charge is 2.34. The van der Waals surface area contributed by atoms with E-state index < -0.39 is 23.8 Å². The molecule has 176 valence electrons. The topological polar surface area (TPSA) is 84.9 Å².